The molecule has 6 nitrogen and oxygen atoms in total. The molecule has 3 rings (SSSR count). The second-order valence-electron chi connectivity index (χ2n) is 6.48. The van der Waals surface area contributed by atoms with Gasteiger partial charge in [0, 0.05) is 19.2 Å². The summed E-state index contributed by atoms with van der Waals surface area (Å²) in [7, 11) is 1.56. The summed E-state index contributed by atoms with van der Waals surface area (Å²) >= 11 is 0. The number of aromatic nitrogens is 2. The number of carbonyl (C=O) groups excluding carboxylic acids is 2. The van der Waals surface area contributed by atoms with Crippen molar-refractivity contribution < 1.29 is 9.59 Å². The summed E-state index contributed by atoms with van der Waals surface area (Å²) in [5, 5.41) is 10.0. The summed E-state index contributed by atoms with van der Waals surface area (Å²) in [6.07, 6.45) is 4.31. The largest absolute Gasteiger partial charge is 0.354 e. The predicted molar refractivity (Wildman–Crippen MR) is 95.6 cm³/mol. The summed E-state index contributed by atoms with van der Waals surface area (Å²) < 4.78 is 1.64. The van der Waals surface area contributed by atoms with E-state index in [2.05, 4.69) is 15.7 Å². The normalized spacial score (nSPS) is 15.8. The molecule has 1 heterocycles. The molecule has 2 amide bonds. The zero-order valence-corrected chi connectivity index (χ0v) is 14.7. The van der Waals surface area contributed by atoms with Gasteiger partial charge in [0.25, 0.3) is 11.8 Å². The molecule has 1 atom stereocenters. The van der Waals surface area contributed by atoms with E-state index in [0.29, 0.717) is 5.69 Å². The molecule has 6 heteroatoms. The van der Waals surface area contributed by atoms with E-state index in [1.807, 2.05) is 37.3 Å². The molecule has 1 aliphatic carbocycles. The fourth-order valence-corrected chi connectivity index (χ4v) is 3.30. The number of carbonyl (C=O) groups is 2. The molecule has 0 spiro atoms. The summed E-state index contributed by atoms with van der Waals surface area (Å²) in [6.45, 7) is 1.97. The standard InChI is InChI=1S/C19H24N4O2/c1-13(14-8-4-3-5-9-14)23-17(12-16(22-23)18(24)20-2)19(25)21-15-10-6-7-11-15/h3-5,8-9,12-13,15H,6-7,10-11H2,1-2H3,(H,20,24)(H,21,25)/t13-/m0/s1. The Morgan fingerprint density at radius 1 is 1.16 bits per heavy atom. The van der Waals surface area contributed by atoms with E-state index in [1.165, 1.54) is 0 Å². The van der Waals surface area contributed by atoms with E-state index in [0.717, 1.165) is 31.2 Å². The third-order valence-corrected chi connectivity index (χ3v) is 4.77. The Balaban J connectivity index is 1.93. The highest BCUT2D eigenvalue weighted by Gasteiger charge is 2.25. The van der Waals surface area contributed by atoms with Gasteiger partial charge in [0.15, 0.2) is 5.69 Å². The van der Waals surface area contributed by atoms with Gasteiger partial charge in [-0.05, 0) is 25.3 Å². The van der Waals surface area contributed by atoms with Gasteiger partial charge in [-0.15, -0.1) is 0 Å². The van der Waals surface area contributed by atoms with E-state index in [-0.39, 0.29) is 29.6 Å². The molecule has 0 aliphatic heterocycles. The molecule has 1 aromatic carbocycles. The quantitative estimate of drug-likeness (QED) is 0.878. The molecule has 1 fully saturated rings. The van der Waals surface area contributed by atoms with Crippen molar-refractivity contribution >= 4 is 11.8 Å². The maximum Gasteiger partial charge on any atom is 0.271 e. The Hall–Kier alpha value is -2.63. The highest BCUT2D eigenvalue weighted by molar-refractivity contribution is 5.98. The Morgan fingerprint density at radius 2 is 1.84 bits per heavy atom. The average Bonchev–Trinajstić information content (AvgIpc) is 3.30. The Kier molecular flexibility index (Phi) is 5.16. The molecule has 0 bridgehead atoms. The van der Waals surface area contributed by atoms with Gasteiger partial charge in [0.2, 0.25) is 0 Å². The first-order chi connectivity index (χ1) is 12.1. The number of benzene rings is 1. The summed E-state index contributed by atoms with van der Waals surface area (Å²) in [6, 6.07) is 11.5. The van der Waals surface area contributed by atoms with Crippen LogP contribution in [0.5, 0.6) is 0 Å². The van der Waals surface area contributed by atoms with Gasteiger partial charge < -0.3 is 10.6 Å². The fourth-order valence-electron chi connectivity index (χ4n) is 3.30. The van der Waals surface area contributed by atoms with Crippen LogP contribution in [0.15, 0.2) is 36.4 Å². The van der Waals surface area contributed by atoms with Crippen molar-refractivity contribution in [2.24, 2.45) is 0 Å². The van der Waals surface area contributed by atoms with Crippen LogP contribution in [-0.4, -0.2) is 34.7 Å². The van der Waals surface area contributed by atoms with E-state index >= 15 is 0 Å². The van der Waals surface area contributed by atoms with Crippen LogP contribution in [0.2, 0.25) is 0 Å². The zero-order chi connectivity index (χ0) is 17.8. The molecule has 1 aliphatic rings. The van der Waals surface area contributed by atoms with Gasteiger partial charge in [-0.1, -0.05) is 43.2 Å². The lowest BCUT2D eigenvalue weighted by molar-refractivity contribution is 0.0923. The highest BCUT2D eigenvalue weighted by Crippen LogP contribution is 2.22. The average molecular weight is 340 g/mol. The lowest BCUT2D eigenvalue weighted by Gasteiger charge is -2.17. The Morgan fingerprint density at radius 3 is 2.48 bits per heavy atom. The molecule has 25 heavy (non-hydrogen) atoms. The topological polar surface area (TPSA) is 76.0 Å². The van der Waals surface area contributed by atoms with Crippen LogP contribution in [0.4, 0.5) is 0 Å². The minimum atomic E-state index is -0.297. The van der Waals surface area contributed by atoms with E-state index in [4.69, 9.17) is 0 Å². The molecule has 1 saturated carbocycles. The van der Waals surface area contributed by atoms with Crippen molar-refractivity contribution in [1.82, 2.24) is 20.4 Å². The number of amides is 2. The molecule has 132 valence electrons. The first-order valence-corrected chi connectivity index (χ1v) is 8.77. The van der Waals surface area contributed by atoms with Crippen molar-refractivity contribution in [2.75, 3.05) is 7.05 Å². The minimum Gasteiger partial charge on any atom is -0.354 e. The van der Waals surface area contributed by atoms with Gasteiger partial charge >= 0.3 is 0 Å². The van der Waals surface area contributed by atoms with Gasteiger partial charge in [0.1, 0.15) is 5.69 Å². The lowest BCUT2D eigenvalue weighted by atomic mass is 10.1. The second-order valence-corrected chi connectivity index (χ2v) is 6.48. The van der Waals surface area contributed by atoms with Gasteiger partial charge in [0.05, 0.1) is 6.04 Å². The first kappa shape index (κ1) is 17.2. The molecule has 2 aromatic rings. The van der Waals surface area contributed by atoms with Crippen LogP contribution >= 0.6 is 0 Å². The molecule has 1 aromatic heterocycles. The van der Waals surface area contributed by atoms with E-state index < -0.39 is 0 Å². The van der Waals surface area contributed by atoms with Crippen LogP contribution in [0.3, 0.4) is 0 Å². The number of nitrogens with one attached hydrogen (secondary N) is 2. The SMILES string of the molecule is CNC(=O)c1cc(C(=O)NC2CCCC2)n([C@@H](C)c2ccccc2)n1. The Bertz CT molecular complexity index is 748. The van der Waals surface area contributed by atoms with Gasteiger partial charge in [-0.25, -0.2) is 0 Å². The summed E-state index contributed by atoms with van der Waals surface area (Å²) in [4.78, 5) is 24.8. The molecule has 0 unspecified atom stereocenters. The summed E-state index contributed by atoms with van der Waals surface area (Å²) in [5.74, 6) is -0.466. The first-order valence-electron chi connectivity index (χ1n) is 8.77. The maximum absolute atomic E-state index is 12.8. The summed E-state index contributed by atoms with van der Waals surface area (Å²) in [5.41, 5.74) is 1.70. The Labute approximate surface area is 147 Å². The van der Waals surface area contributed by atoms with Crippen molar-refractivity contribution in [1.29, 1.82) is 0 Å². The second kappa shape index (κ2) is 7.51. The molecule has 2 N–H and O–H groups in total. The maximum atomic E-state index is 12.8. The van der Waals surface area contributed by atoms with Crippen molar-refractivity contribution in [2.45, 2.75) is 44.7 Å². The van der Waals surface area contributed by atoms with Crippen LogP contribution < -0.4 is 10.6 Å². The third kappa shape index (κ3) is 3.73. The highest BCUT2D eigenvalue weighted by atomic mass is 16.2. The van der Waals surface area contributed by atoms with Gasteiger partial charge in [-0.2, -0.15) is 5.10 Å². The minimum absolute atomic E-state index is 0.149. The van der Waals surface area contributed by atoms with E-state index in [9.17, 15) is 9.59 Å². The van der Waals surface area contributed by atoms with Crippen LogP contribution in [-0.2, 0) is 0 Å². The fraction of sp³-hybridized carbons (Fsp3) is 0.421. The number of hydrogen-bond acceptors (Lipinski definition) is 3. The van der Waals surface area contributed by atoms with E-state index in [1.54, 1.807) is 17.8 Å². The molecular weight excluding hydrogens is 316 g/mol. The predicted octanol–water partition coefficient (Wildman–Crippen LogP) is 2.52. The smallest absolute Gasteiger partial charge is 0.271 e. The number of rotatable bonds is 5. The molecule has 0 radical (unpaired) electrons. The van der Waals surface area contributed by atoms with Crippen LogP contribution in [0.1, 0.15) is 65.2 Å². The van der Waals surface area contributed by atoms with Crippen molar-refractivity contribution in [3.05, 3.63) is 53.3 Å². The number of hydrogen-bond donors (Lipinski definition) is 2. The monoisotopic (exact) mass is 340 g/mol. The molecule has 0 saturated heterocycles. The van der Waals surface area contributed by atoms with Crippen LogP contribution in [0.25, 0.3) is 0 Å². The van der Waals surface area contributed by atoms with Crippen LogP contribution in [0, 0.1) is 0 Å². The zero-order valence-electron chi connectivity index (χ0n) is 14.7. The lowest BCUT2D eigenvalue weighted by Crippen LogP contribution is -2.34. The molecular formula is C19H24N4O2. The van der Waals surface area contributed by atoms with Gasteiger partial charge in [-0.3, -0.25) is 14.3 Å². The van der Waals surface area contributed by atoms with Crippen molar-refractivity contribution in [3.8, 4) is 0 Å². The van der Waals surface area contributed by atoms with Crippen molar-refractivity contribution in [3.63, 3.8) is 0 Å². The number of nitrogens with zero attached hydrogens (tertiary/aromatic N) is 2. The third-order valence-electron chi connectivity index (χ3n) is 4.77.